The van der Waals surface area contributed by atoms with Crippen LogP contribution in [-0.4, -0.2) is 20.3 Å². The van der Waals surface area contributed by atoms with E-state index in [1.54, 1.807) is 6.20 Å². The molecule has 5 nitrogen and oxygen atoms in total. The fourth-order valence-electron chi connectivity index (χ4n) is 1.51. The molecule has 0 amide bonds. The zero-order chi connectivity index (χ0) is 9.38. The maximum absolute atomic E-state index is 4.97. The third-order valence-electron chi connectivity index (χ3n) is 2.33. The van der Waals surface area contributed by atoms with Gasteiger partial charge in [0, 0.05) is 6.20 Å². The molecule has 0 bridgehead atoms. The molecule has 0 aromatic carbocycles. The van der Waals surface area contributed by atoms with Crippen LogP contribution in [0.1, 0.15) is 24.3 Å². The molecule has 1 aliphatic rings. The summed E-state index contributed by atoms with van der Waals surface area (Å²) in [5, 5.41) is 11.4. The summed E-state index contributed by atoms with van der Waals surface area (Å²) < 4.78 is 4.97. The van der Waals surface area contributed by atoms with Crippen LogP contribution in [0.2, 0.25) is 0 Å². The molecule has 70 valence electrons. The number of nitrogens with zero attached hydrogens (tertiary/aromatic N) is 4. The summed E-state index contributed by atoms with van der Waals surface area (Å²) >= 11 is 0. The molecule has 3 rings (SSSR count). The van der Waals surface area contributed by atoms with Crippen LogP contribution in [0.5, 0.6) is 0 Å². The van der Waals surface area contributed by atoms with E-state index in [9.17, 15) is 0 Å². The first-order valence-corrected chi connectivity index (χ1v) is 4.54. The average Bonchev–Trinajstić information content (AvgIpc) is 2.94. The van der Waals surface area contributed by atoms with E-state index < -0.39 is 0 Å². The smallest absolute Gasteiger partial charge is 0.278 e. The second-order valence-corrected chi connectivity index (χ2v) is 3.36. The van der Waals surface area contributed by atoms with Crippen LogP contribution in [0.4, 0.5) is 0 Å². The molecule has 14 heavy (non-hydrogen) atoms. The monoisotopic (exact) mass is 188 g/mol. The van der Waals surface area contributed by atoms with Crippen LogP contribution in [0, 0.1) is 0 Å². The predicted molar refractivity (Wildman–Crippen MR) is 47.3 cm³/mol. The van der Waals surface area contributed by atoms with Crippen molar-refractivity contribution in [1.82, 2.24) is 20.3 Å². The summed E-state index contributed by atoms with van der Waals surface area (Å²) in [6, 6.07) is 1.98. The molecule has 0 unspecified atom stereocenters. The second-order valence-electron chi connectivity index (χ2n) is 3.36. The highest BCUT2D eigenvalue weighted by molar-refractivity contribution is 5.53. The van der Waals surface area contributed by atoms with Gasteiger partial charge in [0.2, 0.25) is 0 Å². The van der Waals surface area contributed by atoms with Crippen LogP contribution in [-0.2, 0) is 0 Å². The number of hydrogen-bond donors (Lipinski definition) is 0. The number of hydrogen-bond acceptors (Lipinski definition) is 5. The van der Waals surface area contributed by atoms with Gasteiger partial charge in [-0.25, -0.2) is 0 Å². The van der Waals surface area contributed by atoms with Crippen molar-refractivity contribution in [2.24, 2.45) is 0 Å². The summed E-state index contributed by atoms with van der Waals surface area (Å²) in [5.41, 5.74) is 1.90. The summed E-state index contributed by atoms with van der Waals surface area (Å²) in [5.74, 6) is 1.06. The van der Waals surface area contributed by atoms with Crippen LogP contribution >= 0.6 is 0 Å². The molecule has 1 fully saturated rings. The van der Waals surface area contributed by atoms with Crippen molar-refractivity contribution in [1.29, 1.82) is 0 Å². The van der Waals surface area contributed by atoms with Gasteiger partial charge in [-0.2, -0.15) is 10.1 Å². The molecule has 0 saturated heterocycles. The van der Waals surface area contributed by atoms with E-state index in [0.717, 1.165) is 5.69 Å². The van der Waals surface area contributed by atoms with E-state index >= 15 is 0 Å². The van der Waals surface area contributed by atoms with E-state index in [1.165, 1.54) is 24.7 Å². The summed E-state index contributed by atoms with van der Waals surface area (Å²) in [4.78, 5) is 3.98. The zero-order valence-corrected chi connectivity index (χ0v) is 7.42. The third-order valence-corrected chi connectivity index (χ3v) is 2.33. The standard InChI is InChI=1S/C9H8N4O/c1-2-6(1)7-3-4-11-13-8(7)9-10-5-12-14-9/h3-6H,1-2H2. The van der Waals surface area contributed by atoms with Crippen molar-refractivity contribution in [3.8, 4) is 11.6 Å². The Morgan fingerprint density at radius 2 is 2.29 bits per heavy atom. The molecule has 0 aliphatic heterocycles. The molecular weight excluding hydrogens is 180 g/mol. The Kier molecular flexibility index (Phi) is 1.56. The topological polar surface area (TPSA) is 64.7 Å². The minimum Gasteiger partial charge on any atom is -0.332 e. The fraction of sp³-hybridized carbons (Fsp3) is 0.333. The van der Waals surface area contributed by atoms with Crippen molar-refractivity contribution in [3.05, 3.63) is 24.2 Å². The Morgan fingerprint density at radius 3 is 3.00 bits per heavy atom. The number of aromatic nitrogens is 4. The normalized spacial score (nSPS) is 15.7. The summed E-state index contributed by atoms with van der Waals surface area (Å²) in [6.07, 6.45) is 5.51. The van der Waals surface area contributed by atoms with E-state index in [0.29, 0.717) is 11.8 Å². The summed E-state index contributed by atoms with van der Waals surface area (Å²) in [6.45, 7) is 0. The third kappa shape index (κ3) is 1.17. The molecule has 5 heteroatoms. The first-order valence-electron chi connectivity index (χ1n) is 4.54. The van der Waals surface area contributed by atoms with Gasteiger partial charge in [-0.1, -0.05) is 5.16 Å². The molecule has 1 aliphatic carbocycles. The van der Waals surface area contributed by atoms with Gasteiger partial charge in [-0.3, -0.25) is 0 Å². The fourth-order valence-corrected chi connectivity index (χ4v) is 1.51. The maximum atomic E-state index is 4.97. The first kappa shape index (κ1) is 7.61. The van der Waals surface area contributed by atoms with Crippen molar-refractivity contribution in [2.75, 3.05) is 0 Å². The quantitative estimate of drug-likeness (QED) is 0.712. The van der Waals surface area contributed by atoms with Crippen LogP contribution < -0.4 is 0 Å². The predicted octanol–water partition coefficient (Wildman–Crippen LogP) is 1.40. The van der Waals surface area contributed by atoms with Crippen LogP contribution in [0.3, 0.4) is 0 Å². The van der Waals surface area contributed by atoms with Crippen LogP contribution in [0.15, 0.2) is 23.1 Å². The minimum atomic E-state index is 0.458. The Hall–Kier alpha value is -1.78. The minimum absolute atomic E-state index is 0.458. The Balaban J connectivity index is 2.12. The summed E-state index contributed by atoms with van der Waals surface area (Å²) in [7, 11) is 0. The second kappa shape index (κ2) is 2.87. The SMILES string of the molecule is c1cc(C2CC2)c(-c2ncno2)nn1. The van der Waals surface area contributed by atoms with E-state index in [2.05, 4.69) is 20.3 Å². The van der Waals surface area contributed by atoms with Crippen molar-refractivity contribution < 1.29 is 4.52 Å². The van der Waals surface area contributed by atoms with Crippen molar-refractivity contribution in [2.45, 2.75) is 18.8 Å². The van der Waals surface area contributed by atoms with Crippen LogP contribution in [0.25, 0.3) is 11.6 Å². The Bertz CT molecular complexity index is 436. The molecule has 0 spiro atoms. The molecule has 0 N–H and O–H groups in total. The molecule has 2 aromatic rings. The highest BCUT2D eigenvalue weighted by Crippen LogP contribution is 2.42. The highest BCUT2D eigenvalue weighted by Gasteiger charge is 2.28. The molecule has 0 atom stereocenters. The van der Waals surface area contributed by atoms with Gasteiger partial charge in [-0.05, 0) is 30.4 Å². The lowest BCUT2D eigenvalue weighted by Gasteiger charge is -2.00. The maximum Gasteiger partial charge on any atom is 0.278 e. The lowest BCUT2D eigenvalue weighted by atomic mass is 10.1. The lowest BCUT2D eigenvalue weighted by Crippen LogP contribution is -1.93. The van der Waals surface area contributed by atoms with Gasteiger partial charge in [-0.15, -0.1) is 5.10 Å². The van der Waals surface area contributed by atoms with Gasteiger partial charge in [0.15, 0.2) is 12.0 Å². The molecule has 0 radical (unpaired) electrons. The zero-order valence-electron chi connectivity index (χ0n) is 7.42. The molecule has 2 aromatic heterocycles. The van der Waals surface area contributed by atoms with Gasteiger partial charge in [0.1, 0.15) is 0 Å². The molecule has 2 heterocycles. The van der Waals surface area contributed by atoms with Gasteiger partial charge in [0.25, 0.3) is 5.89 Å². The van der Waals surface area contributed by atoms with Gasteiger partial charge in [0.05, 0.1) is 0 Å². The molecule has 1 saturated carbocycles. The first-order chi connectivity index (χ1) is 6.95. The lowest BCUT2D eigenvalue weighted by molar-refractivity contribution is 0.428. The van der Waals surface area contributed by atoms with E-state index in [4.69, 9.17) is 4.52 Å². The van der Waals surface area contributed by atoms with Gasteiger partial charge >= 0.3 is 0 Å². The number of rotatable bonds is 2. The Labute approximate surface area is 80.2 Å². The van der Waals surface area contributed by atoms with Gasteiger partial charge < -0.3 is 4.52 Å². The van der Waals surface area contributed by atoms with E-state index in [1.807, 2.05) is 6.07 Å². The van der Waals surface area contributed by atoms with Crippen molar-refractivity contribution in [3.63, 3.8) is 0 Å². The molecular formula is C9H8N4O. The largest absolute Gasteiger partial charge is 0.332 e. The van der Waals surface area contributed by atoms with E-state index in [-0.39, 0.29) is 0 Å². The average molecular weight is 188 g/mol. The Morgan fingerprint density at radius 1 is 1.36 bits per heavy atom. The van der Waals surface area contributed by atoms with Crippen molar-refractivity contribution >= 4 is 0 Å². The highest BCUT2D eigenvalue weighted by atomic mass is 16.5.